The molecule has 0 N–H and O–H groups in total. The summed E-state index contributed by atoms with van der Waals surface area (Å²) in [4.78, 5) is 14.3. The molecule has 134 valence electrons. The molecule has 24 heavy (non-hydrogen) atoms. The van der Waals surface area contributed by atoms with Crippen LogP contribution in [0.4, 0.5) is 5.69 Å². The molecule has 0 aromatic heterocycles. The van der Waals surface area contributed by atoms with E-state index in [-0.39, 0.29) is 5.78 Å². The average molecular weight is 355 g/mol. The van der Waals surface area contributed by atoms with Crippen molar-refractivity contribution in [2.75, 3.05) is 40.3 Å². The Hall–Kier alpha value is -1.46. The zero-order valence-electron chi connectivity index (χ0n) is 15.3. The van der Waals surface area contributed by atoms with E-state index < -0.39 is 13.2 Å². The fourth-order valence-electron chi connectivity index (χ4n) is 3.21. The van der Waals surface area contributed by atoms with Crippen molar-refractivity contribution in [3.8, 4) is 0 Å². The first kappa shape index (κ1) is 18.9. The standard InChI is InChI=1S/C17H26NO5P/c1-12(19)16-13(2)23-24(20-5,21-6,22-7)17(16)14-8-10-15(11-9-14)18(3)4/h8-11,17H,1-7H3. The van der Waals surface area contributed by atoms with Crippen LogP contribution in [-0.2, 0) is 22.9 Å². The normalized spacial score (nSPS) is 23.3. The Morgan fingerprint density at radius 3 is 1.96 bits per heavy atom. The molecular formula is C17H26NO5P. The predicted molar refractivity (Wildman–Crippen MR) is 95.9 cm³/mol. The number of hydrogen-bond acceptors (Lipinski definition) is 6. The van der Waals surface area contributed by atoms with Gasteiger partial charge in [0, 0.05) is 0 Å². The first-order valence-electron chi connectivity index (χ1n) is 7.64. The van der Waals surface area contributed by atoms with Gasteiger partial charge < -0.3 is 0 Å². The van der Waals surface area contributed by atoms with Crippen molar-refractivity contribution in [2.45, 2.75) is 19.5 Å². The number of benzene rings is 1. The summed E-state index contributed by atoms with van der Waals surface area (Å²) in [6, 6.07) is 7.85. The summed E-state index contributed by atoms with van der Waals surface area (Å²) in [5.74, 6) is 0.388. The van der Waals surface area contributed by atoms with Gasteiger partial charge in [0.05, 0.1) is 0 Å². The third-order valence-electron chi connectivity index (χ3n) is 4.47. The number of carbonyl (C=O) groups excluding carboxylic acids is 1. The molecule has 1 atom stereocenters. The van der Waals surface area contributed by atoms with Crippen molar-refractivity contribution in [2.24, 2.45) is 0 Å². The van der Waals surface area contributed by atoms with E-state index in [0.29, 0.717) is 11.3 Å². The molecule has 0 bridgehead atoms. The SMILES string of the molecule is COP1(OC)(OC)OC(C)=C(C(C)=O)C1c1ccc(N(C)C)cc1. The van der Waals surface area contributed by atoms with Gasteiger partial charge in [-0.2, -0.15) is 0 Å². The molecule has 0 saturated heterocycles. The minimum absolute atomic E-state index is 0.0909. The number of anilines is 1. The van der Waals surface area contributed by atoms with Gasteiger partial charge in [0.25, 0.3) is 0 Å². The summed E-state index contributed by atoms with van der Waals surface area (Å²) in [5, 5.41) is 0. The predicted octanol–water partition coefficient (Wildman–Crippen LogP) is 3.84. The van der Waals surface area contributed by atoms with E-state index in [9.17, 15) is 4.79 Å². The maximum atomic E-state index is 12.3. The Bertz CT molecular complexity index is 653. The van der Waals surface area contributed by atoms with Crippen molar-refractivity contribution in [1.82, 2.24) is 0 Å². The molecule has 0 saturated carbocycles. The Labute approximate surface area is 143 Å². The number of ketones is 1. The fraction of sp³-hybridized carbons (Fsp3) is 0.471. The molecule has 1 unspecified atom stereocenters. The van der Waals surface area contributed by atoms with Crippen LogP contribution in [0.5, 0.6) is 0 Å². The van der Waals surface area contributed by atoms with Crippen LogP contribution in [-0.4, -0.2) is 41.2 Å². The Morgan fingerprint density at radius 1 is 1.08 bits per heavy atom. The molecule has 0 amide bonds. The first-order chi connectivity index (χ1) is 11.2. The second-order valence-corrected chi connectivity index (χ2v) is 9.45. The summed E-state index contributed by atoms with van der Waals surface area (Å²) in [6.07, 6.45) is 0. The third kappa shape index (κ3) is 2.64. The topological polar surface area (TPSA) is 57.2 Å². The van der Waals surface area contributed by atoms with Gasteiger partial charge in [0.1, 0.15) is 0 Å². The molecule has 0 fully saturated rings. The van der Waals surface area contributed by atoms with Crippen LogP contribution in [0.1, 0.15) is 25.1 Å². The number of Topliss-reactive ketones (excluding diaryl/α,β-unsaturated/α-hetero) is 1. The zero-order chi connectivity index (χ0) is 18.1. The van der Waals surface area contributed by atoms with Crippen LogP contribution in [0.15, 0.2) is 35.6 Å². The number of rotatable bonds is 6. The fourth-order valence-corrected chi connectivity index (χ4v) is 6.65. The van der Waals surface area contributed by atoms with E-state index in [1.165, 1.54) is 28.3 Å². The monoisotopic (exact) mass is 355 g/mol. The van der Waals surface area contributed by atoms with E-state index in [2.05, 4.69) is 0 Å². The molecule has 1 aromatic carbocycles. The summed E-state index contributed by atoms with van der Waals surface area (Å²) in [6.45, 7) is 3.25. The molecule has 1 heterocycles. The molecule has 6 nitrogen and oxygen atoms in total. The molecule has 1 aromatic rings. The van der Waals surface area contributed by atoms with E-state index in [0.717, 1.165) is 11.3 Å². The van der Waals surface area contributed by atoms with E-state index >= 15 is 0 Å². The first-order valence-corrected chi connectivity index (χ1v) is 9.62. The van der Waals surface area contributed by atoms with Gasteiger partial charge in [-0.3, -0.25) is 0 Å². The second kappa shape index (κ2) is 6.45. The molecule has 1 aliphatic rings. The van der Waals surface area contributed by atoms with Crippen LogP contribution >= 0.6 is 7.51 Å². The molecule has 0 radical (unpaired) electrons. The van der Waals surface area contributed by atoms with Crippen molar-refractivity contribution in [1.29, 1.82) is 0 Å². The summed E-state index contributed by atoms with van der Waals surface area (Å²) in [5.41, 5.74) is 1.88. The third-order valence-corrected chi connectivity index (χ3v) is 8.44. The van der Waals surface area contributed by atoms with E-state index in [1.54, 1.807) is 6.92 Å². The summed E-state index contributed by atoms with van der Waals surface area (Å²) >= 11 is 0. The second-order valence-electron chi connectivity index (χ2n) is 5.92. The molecular weight excluding hydrogens is 329 g/mol. The quantitative estimate of drug-likeness (QED) is 0.723. The van der Waals surface area contributed by atoms with Gasteiger partial charge in [0.2, 0.25) is 0 Å². The van der Waals surface area contributed by atoms with Gasteiger partial charge >= 0.3 is 143 Å². The van der Waals surface area contributed by atoms with Crippen molar-refractivity contribution >= 4 is 19.0 Å². The van der Waals surface area contributed by atoms with Gasteiger partial charge in [-0.15, -0.1) is 0 Å². The maximum absolute atomic E-state index is 12.3. The van der Waals surface area contributed by atoms with Gasteiger partial charge in [-0.05, 0) is 0 Å². The van der Waals surface area contributed by atoms with Crippen molar-refractivity contribution in [3.63, 3.8) is 0 Å². The number of carbonyl (C=O) groups is 1. The number of nitrogens with zero attached hydrogens (tertiary/aromatic N) is 1. The minimum atomic E-state index is -4.01. The van der Waals surface area contributed by atoms with Crippen LogP contribution in [0.2, 0.25) is 0 Å². The Kier molecular flexibility index (Phi) is 5.07. The van der Waals surface area contributed by atoms with Crippen molar-refractivity contribution < 1.29 is 22.9 Å². The van der Waals surface area contributed by atoms with Crippen LogP contribution in [0.3, 0.4) is 0 Å². The number of hydrogen-bond donors (Lipinski definition) is 0. The molecule has 0 spiro atoms. The van der Waals surface area contributed by atoms with Crippen LogP contribution in [0.25, 0.3) is 0 Å². The Morgan fingerprint density at radius 2 is 1.58 bits per heavy atom. The average Bonchev–Trinajstić information content (AvgIpc) is 2.85. The molecule has 2 rings (SSSR count). The van der Waals surface area contributed by atoms with E-state index in [1.807, 2.05) is 43.3 Å². The molecule has 1 aliphatic heterocycles. The molecule has 0 aliphatic carbocycles. The van der Waals surface area contributed by atoms with Crippen molar-refractivity contribution in [3.05, 3.63) is 41.2 Å². The van der Waals surface area contributed by atoms with Gasteiger partial charge in [0.15, 0.2) is 0 Å². The Balaban J connectivity index is 2.68. The number of allylic oxidation sites excluding steroid dienone is 2. The summed E-state index contributed by atoms with van der Waals surface area (Å²) in [7, 11) is 4.40. The van der Waals surface area contributed by atoms with Gasteiger partial charge in [-0.1, -0.05) is 0 Å². The van der Waals surface area contributed by atoms with Crippen LogP contribution < -0.4 is 4.90 Å². The van der Waals surface area contributed by atoms with Crippen LogP contribution in [0, 0.1) is 0 Å². The zero-order valence-corrected chi connectivity index (χ0v) is 16.2. The summed E-state index contributed by atoms with van der Waals surface area (Å²) < 4.78 is 23.2. The van der Waals surface area contributed by atoms with E-state index in [4.69, 9.17) is 18.1 Å². The van der Waals surface area contributed by atoms with Gasteiger partial charge in [-0.25, -0.2) is 0 Å². The molecule has 7 heteroatoms.